The third-order valence-electron chi connectivity index (χ3n) is 0. The Balaban J connectivity index is -0.00000000500. The van der Waals surface area contributed by atoms with Gasteiger partial charge in [0, 0.05) is 33.3 Å². The Morgan fingerprint density at radius 3 is 1.25 bits per heavy atom. The molecule has 0 fully saturated rings. The van der Waals surface area contributed by atoms with Gasteiger partial charge in [-0.3, -0.25) is 0 Å². The maximum absolute atomic E-state index is 8.33. The minimum atomic E-state index is 0. The van der Waals surface area contributed by atoms with E-state index in [1.807, 2.05) is 0 Å². The van der Waals surface area contributed by atoms with Gasteiger partial charge in [-0.25, -0.2) is 0 Å². The number of hydrogen-bond acceptors (Lipinski definition) is 1. The first kappa shape index (κ1) is 17.9. The third-order valence-corrected chi connectivity index (χ3v) is 0. The predicted molar refractivity (Wildman–Crippen MR) is 0.686 cm³/mol. The fraction of sp³-hybridized carbons (Fsp3) is 0. The van der Waals surface area contributed by atoms with Crippen LogP contribution in [-0.2, 0) is 56.4 Å². The van der Waals surface area contributed by atoms with Crippen molar-refractivity contribution in [1.29, 1.82) is 0 Å². The number of hydrogen-bond donors (Lipinski definition) is 0. The monoisotopic (exact) mass is 317 g/mol. The first-order valence-electron chi connectivity index (χ1n) is 0.167. The molecule has 0 aromatic carbocycles. The summed E-state index contributed by atoms with van der Waals surface area (Å²) >= 11 is 0.333. The quantitative estimate of drug-likeness (QED) is 0.569. The van der Waals surface area contributed by atoms with E-state index in [4.69, 9.17) is 3.40 Å². The molecule has 0 aromatic heterocycles. The van der Waals surface area contributed by atoms with E-state index in [1.54, 1.807) is 0 Å². The first-order chi connectivity index (χ1) is 1.00. The Bertz CT molecular complexity index is 8.00. The van der Waals surface area contributed by atoms with Crippen LogP contribution in [0.15, 0.2) is 0 Å². The molecule has 0 saturated heterocycles. The van der Waals surface area contributed by atoms with Crippen LogP contribution in [0.3, 0.4) is 0 Å². The van der Waals surface area contributed by atoms with Crippen molar-refractivity contribution in [2.24, 2.45) is 0 Å². The van der Waals surface area contributed by atoms with Crippen molar-refractivity contribution in [2.75, 3.05) is 0 Å². The topological polar surface area (TPSA) is 17.1 Å². The van der Waals surface area contributed by atoms with Gasteiger partial charge >= 0.3 is 23.2 Å². The molecule has 0 unspecified atom stereocenters. The molecule has 1 radical (unpaired) electrons. The van der Waals surface area contributed by atoms with Crippen molar-refractivity contribution < 1.29 is 56.4 Å². The van der Waals surface area contributed by atoms with Gasteiger partial charge in [-0.2, -0.15) is 0 Å². The summed E-state index contributed by atoms with van der Waals surface area (Å²) in [6.07, 6.45) is 0. The Morgan fingerprint density at radius 1 is 1.25 bits per heavy atom. The van der Waals surface area contributed by atoms with E-state index in [0.717, 1.165) is 0 Å². The van der Waals surface area contributed by atoms with Gasteiger partial charge in [0.2, 0.25) is 0 Å². The van der Waals surface area contributed by atoms with Gasteiger partial charge in [-0.05, 0) is 0 Å². The number of rotatable bonds is 0. The molecular formula is CoNiOW. The Labute approximate surface area is 56.2 Å². The SMILES string of the molecule is [Co].[Ni].[O]=[W]. The van der Waals surface area contributed by atoms with Crippen LogP contribution in [0.5, 0.6) is 0 Å². The minimum absolute atomic E-state index is 0. The Kier molecular flexibility index (Phi) is 110. The van der Waals surface area contributed by atoms with Crippen molar-refractivity contribution in [3.05, 3.63) is 0 Å². The van der Waals surface area contributed by atoms with Gasteiger partial charge in [-0.15, -0.1) is 0 Å². The van der Waals surface area contributed by atoms with Gasteiger partial charge in [-0.1, -0.05) is 0 Å². The van der Waals surface area contributed by atoms with E-state index in [0.29, 0.717) is 19.8 Å². The summed E-state index contributed by atoms with van der Waals surface area (Å²) in [5.74, 6) is 0. The Hall–Kier alpha value is 1.49. The molecule has 0 N–H and O–H groups in total. The molecule has 31 valence electrons. The van der Waals surface area contributed by atoms with Crippen LogP contribution in [0.4, 0.5) is 0 Å². The summed E-state index contributed by atoms with van der Waals surface area (Å²) in [7, 11) is 0. The predicted octanol–water partition coefficient (Wildman–Crippen LogP) is -0.126. The van der Waals surface area contributed by atoms with Crippen molar-refractivity contribution in [3.8, 4) is 0 Å². The zero-order chi connectivity index (χ0) is 2.00. The molecule has 0 bridgehead atoms. The first-order valence-corrected chi connectivity index (χ1v) is 1.36. The van der Waals surface area contributed by atoms with Gasteiger partial charge < -0.3 is 0 Å². The molecule has 0 heterocycles. The summed E-state index contributed by atoms with van der Waals surface area (Å²) in [5.41, 5.74) is 0. The second-order valence-electron chi connectivity index (χ2n) is 0. The summed E-state index contributed by atoms with van der Waals surface area (Å²) in [6, 6.07) is 0. The van der Waals surface area contributed by atoms with E-state index in [2.05, 4.69) is 0 Å². The average Bonchev–Trinajstić information content (AvgIpc) is 1.00. The van der Waals surface area contributed by atoms with Crippen molar-refractivity contribution in [2.45, 2.75) is 0 Å². The second-order valence-corrected chi connectivity index (χ2v) is 0. The molecule has 0 aliphatic heterocycles. The van der Waals surface area contributed by atoms with Crippen molar-refractivity contribution >= 4 is 0 Å². The van der Waals surface area contributed by atoms with E-state index < -0.39 is 0 Å². The molecule has 0 atom stereocenters. The average molecular weight is 317 g/mol. The van der Waals surface area contributed by atoms with Gasteiger partial charge in [0.1, 0.15) is 0 Å². The maximum atomic E-state index is 8.33. The summed E-state index contributed by atoms with van der Waals surface area (Å²) in [4.78, 5) is 0. The zero-order valence-corrected chi connectivity index (χ0v) is 6.43. The van der Waals surface area contributed by atoms with E-state index in [9.17, 15) is 0 Å². The van der Waals surface area contributed by atoms with Crippen LogP contribution < -0.4 is 0 Å². The molecule has 0 amide bonds. The van der Waals surface area contributed by atoms with Crippen LogP contribution in [0, 0.1) is 0 Å². The van der Waals surface area contributed by atoms with Crippen LogP contribution in [-0.4, -0.2) is 0 Å². The molecule has 0 rings (SSSR count). The fourth-order valence-corrected chi connectivity index (χ4v) is 0. The fourth-order valence-electron chi connectivity index (χ4n) is 0. The van der Waals surface area contributed by atoms with Crippen LogP contribution in [0.1, 0.15) is 0 Å². The molecule has 0 spiro atoms. The molecule has 0 aromatic rings. The van der Waals surface area contributed by atoms with E-state index in [-0.39, 0.29) is 33.3 Å². The molecule has 1 nitrogen and oxygen atoms in total. The van der Waals surface area contributed by atoms with Gasteiger partial charge in [0.25, 0.3) is 0 Å². The summed E-state index contributed by atoms with van der Waals surface area (Å²) < 4.78 is 8.33. The van der Waals surface area contributed by atoms with Gasteiger partial charge in [0.05, 0.1) is 0 Å². The molecule has 4 heteroatoms. The molecule has 0 aliphatic rings. The van der Waals surface area contributed by atoms with Gasteiger partial charge in [0.15, 0.2) is 0 Å². The normalized spacial score (nSPS) is 1.00. The molecule has 0 saturated carbocycles. The van der Waals surface area contributed by atoms with E-state index in [1.165, 1.54) is 0 Å². The van der Waals surface area contributed by atoms with Crippen LogP contribution >= 0.6 is 0 Å². The van der Waals surface area contributed by atoms with Crippen molar-refractivity contribution in [3.63, 3.8) is 0 Å². The Morgan fingerprint density at radius 2 is 1.25 bits per heavy atom. The molecule has 4 heavy (non-hydrogen) atoms. The third kappa shape index (κ3) is 9.75. The van der Waals surface area contributed by atoms with E-state index >= 15 is 0 Å². The van der Waals surface area contributed by atoms with Crippen LogP contribution in [0.2, 0.25) is 0 Å². The molecule has 0 aliphatic carbocycles. The second kappa shape index (κ2) is 24.7. The standard InChI is InChI=1S/Co.Ni.O.W. The summed E-state index contributed by atoms with van der Waals surface area (Å²) in [5, 5.41) is 0. The zero-order valence-electron chi connectivity index (χ0n) is 1.47. The van der Waals surface area contributed by atoms with Crippen LogP contribution in [0.25, 0.3) is 0 Å². The summed E-state index contributed by atoms with van der Waals surface area (Å²) in [6.45, 7) is 0. The molecular weight excluding hydrogens is 317 g/mol. The van der Waals surface area contributed by atoms with Crippen molar-refractivity contribution in [1.82, 2.24) is 0 Å².